The Morgan fingerprint density at radius 2 is 2.05 bits per heavy atom. The summed E-state index contributed by atoms with van der Waals surface area (Å²) in [6.45, 7) is 1.91. The molecule has 0 saturated carbocycles. The van der Waals surface area contributed by atoms with Crippen LogP contribution in [-0.4, -0.2) is 19.8 Å². The first kappa shape index (κ1) is 13.8. The second-order valence-corrected chi connectivity index (χ2v) is 5.37. The van der Waals surface area contributed by atoms with Gasteiger partial charge in [-0.2, -0.15) is 17.7 Å². The molecule has 0 spiro atoms. The van der Waals surface area contributed by atoms with Gasteiger partial charge in [-0.05, 0) is 30.5 Å². The maximum Gasteiger partial charge on any atom is 0.453 e. The van der Waals surface area contributed by atoms with Crippen molar-refractivity contribution in [3.63, 3.8) is 0 Å². The number of anilines is 1. The van der Waals surface area contributed by atoms with Crippen LogP contribution in [0, 0.1) is 0 Å². The summed E-state index contributed by atoms with van der Waals surface area (Å²) in [6, 6.07) is 6.82. The van der Waals surface area contributed by atoms with Crippen molar-refractivity contribution in [2.24, 2.45) is 0 Å². The van der Waals surface area contributed by atoms with Crippen molar-refractivity contribution in [3.8, 4) is 0 Å². The van der Waals surface area contributed by atoms with Crippen molar-refractivity contribution in [2.75, 3.05) is 5.32 Å². The van der Waals surface area contributed by atoms with E-state index in [2.05, 4.69) is 20.6 Å². The van der Waals surface area contributed by atoms with Crippen LogP contribution in [0.25, 0.3) is 5.65 Å². The molecule has 0 amide bonds. The Labute approximate surface area is 121 Å². The van der Waals surface area contributed by atoms with Gasteiger partial charge in [0.25, 0.3) is 5.82 Å². The molecule has 3 aromatic rings. The fourth-order valence-corrected chi connectivity index (χ4v) is 2.61. The molecule has 1 unspecified atom stereocenters. The van der Waals surface area contributed by atoms with Gasteiger partial charge in [-0.25, -0.2) is 0 Å². The Bertz CT molecular complexity index is 750. The van der Waals surface area contributed by atoms with Crippen molar-refractivity contribution in [1.29, 1.82) is 0 Å². The Morgan fingerprint density at radius 3 is 2.71 bits per heavy atom. The Morgan fingerprint density at radius 1 is 1.24 bits per heavy atom. The van der Waals surface area contributed by atoms with Crippen LogP contribution in [0.5, 0.6) is 0 Å². The van der Waals surface area contributed by atoms with E-state index in [1.54, 1.807) is 17.4 Å². The molecule has 0 aliphatic carbocycles. The molecule has 0 aliphatic rings. The Balaban J connectivity index is 1.93. The van der Waals surface area contributed by atoms with Crippen LogP contribution in [0.2, 0.25) is 0 Å². The van der Waals surface area contributed by atoms with Crippen LogP contribution in [0.1, 0.15) is 23.7 Å². The highest BCUT2D eigenvalue weighted by Gasteiger charge is 2.37. The zero-order chi connectivity index (χ0) is 15.0. The van der Waals surface area contributed by atoms with Gasteiger partial charge in [-0.1, -0.05) is 6.07 Å². The zero-order valence-corrected chi connectivity index (χ0v) is 11.6. The van der Waals surface area contributed by atoms with E-state index >= 15 is 0 Å². The number of rotatable bonds is 3. The minimum Gasteiger partial charge on any atom is -0.361 e. The highest BCUT2D eigenvalue weighted by molar-refractivity contribution is 7.10. The predicted octanol–water partition coefficient (Wildman–Crippen LogP) is 3.38. The molecule has 0 aromatic carbocycles. The molecule has 3 aromatic heterocycles. The molecule has 1 N–H and O–H groups in total. The molecular formula is C12H10F3N5S. The molecule has 0 fully saturated rings. The summed E-state index contributed by atoms with van der Waals surface area (Å²) in [5, 5.41) is 15.5. The number of hydrogen-bond donors (Lipinski definition) is 1. The summed E-state index contributed by atoms with van der Waals surface area (Å²) in [6.07, 6.45) is -4.59. The van der Waals surface area contributed by atoms with Crippen LogP contribution in [-0.2, 0) is 6.18 Å². The van der Waals surface area contributed by atoms with E-state index in [1.165, 1.54) is 6.07 Å². The number of hydrogen-bond acceptors (Lipinski definition) is 5. The van der Waals surface area contributed by atoms with Crippen molar-refractivity contribution in [3.05, 3.63) is 40.3 Å². The molecule has 9 heteroatoms. The number of nitrogens with one attached hydrogen (secondary N) is 1. The van der Waals surface area contributed by atoms with Crippen molar-refractivity contribution >= 4 is 22.8 Å². The summed E-state index contributed by atoms with van der Waals surface area (Å²) < 4.78 is 39.1. The SMILES string of the molecule is CC(Nc1ccc2nnc(C(F)(F)F)n2n1)c1cccs1. The fourth-order valence-electron chi connectivity index (χ4n) is 1.87. The maximum atomic E-state index is 12.8. The average molecular weight is 313 g/mol. The lowest BCUT2D eigenvalue weighted by Gasteiger charge is -2.13. The Hall–Kier alpha value is -2.16. The van der Waals surface area contributed by atoms with E-state index in [-0.39, 0.29) is 11.7 Å². The van der Waals surface area contributed by atoms with E-state index < -0.39 is 12.0 Å². The molecule has 5 nitrogen and oxygen atoms in total. The maximum absolute atomic E-state index is 12.8. The van der Waals surface area contributed by atoms with E-state index in [1.807, 2.05) is 24.4 Å². The first-order chi connectivity index (χ1) is 9.95. The molecular weight excluding hydrogens is 303 g/mol. The molecule has 21 heavy (non-hydrogen) atoms. The van der Waals surface area contributed by atoms with Crippen LogP contribution in [0.4, 0.5) is 19.0 Å². The highest BCUT2D eigenvalue weighted by atomic mass is 32.1. The van der Waals surface area contributed by atoms with Gasteiger partial charge in [0.2, 0.25) is 0 Å². The third-order valence-corrected chi connectivity index (χ3v) is 3.91. The largest absolute Gasteiger partial charge is 0.453 e. The van der Waals surface area contributed by atoms with Crippen LogP contribution < -0.4 is 5.32 Å². The van der Waals surface area contributed by atoms with E-state index in [0.717, 1.165) is 4.88 Å². The number of nitrogens with zero attached hydrogens (tertiary/aromatic N) is 4. The van der Waals surface area contributed by atoms with E-state index in [0.29, 0.717) is 10.3 Å². The lowest BCUT2D eigenvalue weighted by atomic mass is 10.3. The zero-order valence-electron chi connectivity index (χ0n) is 10.8. The number of halogens is 3. The van der Waals surface area contributed by atoms with Gasteiger partial charge in [-0.3, -0.25) is 0 Å². The minimum atomic E-state index is -4.59. The van der Waals surface area contributed by atoms with Crippen LogP contribution in [0.15, 0.2) is 29.6 Å². The summed E-state index contributed by atoms with van der Waals surface area (Å²) >= 11 is 1.56. The van der Waals surface area contributed by atoms with Crippen LogP contribution in [0.3, 0.4) is 0 Å². The third kappa shape index (κ3) is 2.68. The molecule has 0 radical (unpaired) electrons. The summed E-state index contributed by atoms with van der Waals surface area (Å²) in [5.41, 5.74) is 0.0525. The molecule has 3 rings (SSSR count). The van der Waals surface area contributed by atoms with Gasteiger partial charge < -0.3 is 5.32 Å². The summed E-state index contributed by atoms with van der Waals surface area (Å²) in [4.78, 5) is 1.07. The number of alkyl halides is 3. The third-order valence-electron chi connectivity index (χ3n) is 2.85. The van der Waals surface area contributed by atoms with Crippen molar-refractivity contribution in [2.45, 2.75) is 19.1 Å². The predicted molar refractivity (Wildman–Crippen MR) is 72.1 cm³/mol. The standard InChI is InChI=1S/C12H10F3N5S/c1-7(8-3-2-6-21-8)16-9-4-5-10-17-18-11(12(13,14)15)20(10)19-9/h2-7H,1H3,(H,16,19). The van der Waals surface area contributed by atoms with Gasteiger partial charge in [0, 0.05) is 4.88 Å². The summed E-state index contributed by atoms with van der Waals surface area (Å²) in [7, 11) is 0. The van der Waals surface area contributed by atoms with Crippen LogP contribution >= 0.6 is 11.3 Å². The number of thiophene rings is 1. The first-order valence-electron chi connectivity index (χ1n) is 6.05. The Kier molecular flexibility index (Phi) is 3.28. The summed E-state index contributed by atoms with van der Waals surface area (Å²) in [5.74, 6) is -0.807. The van der Waals surface area contributed by atoms with Gasteiger partial charge in [0.1, 0.15) is 5.82 Å². The lowest BCUT2D eigenvalue weighted by Crippen LogP contribution is -2.14. The quantitative estimate of drug-likeness (QED) is 0.805. The van der Waals surface area contributed by atoms with Gasteiger partial charge in [0.15, 0.2) is 5.65 Å². The number of fused-ring (bicyclic) bond motifs is 1. The fraction of sp³-hybridized carbons (Fsp3) is 0.250. The van der Waals surface area contributed by atoms with Crippen molar-refractivity contribution < 1.29 is 13.2 Å². The average Bonchev–Trinajstić information content (AvgIpc) is 3.06. The van der Waals surface area contributed by atoms with Gasteiger partial charge in [0.05, 0.1) is 6.04 Å². The van der Waals surface area contributed by atoms with Gasteiger partial charge in [-0.15, -0.1) is 26.6 Å². The number of aromatic nitrogens is 4. The topological polar surface area (TPSA) is 55.1 Å². The first-order valence-corrected chi connectivity index (χ1v) is 6.93. The van der Waals surface area contributed by atoms with E-state index in [9.17, 15) is 13.2 Å². The molecule has 1 atom stereocenters. The molecule has 0 bridgehead atoms. The van der Waals surface area contributed by atoms with E-state index in [4.69, 9.17) is 0 Å². The minimum absolute atomic E-state index is 0.0525. The molecule has 0 saturated heterocycles. The van der Waals surface area contributed by atoms with Crippen molar-refractivity contribution in [1.82, 2.24) is 19.8 Å². The lowest BCUT2D eigenvalue weighted by molar-refractivity contribution is -0.146. The second kappa shape index (κ2) is 4.99. The smallest absolute Gasteiger partial charge is 0.361 e. The normalized spacial score (nSPS) is 13.5. The molecule has 110 valence electrons. The second-order valence-electron chi connectivity index (χ2n) is 4.39. The molecule has 0 aliphatic heterocycles. The monoisotopic (exact) mass is 313 g/mol. The molecule has 3 heterocycles. The highest BCUT2D eigenvalue weighted by Crippen LogP contribution is 2.28. The van der Waals surface area contributed by atoms with Gasteiger partial charge >= 0.3 is 6.18 Å².